The number of nitrogens with one attached hydrogen (secondary N) is 2. The Kier molecular flexibility index (Phi) is 12.4. The molecule has 55 heavy (non-hydrogen) atoms. The van der Waals surface area contributed by atoms with Gasteiger partial charge in [0.1, 0.15) is 12.6 Å². The van der Waals surface area contributed by atoms with Crippen molar-refractivity contribution in [3.8, 4) is 11.3 Å². The Hall–Kier alpha value is -4.63. The summed E-state index contributed by atoms with van der Waals surface area (Å²) in [6.07, 6.45) is 0.00690. The number of piperazine rings is 1. The van der Waals surface area contributed by atoms with Gasteiger partial charge in [-0.15, -0.1) is 0 Å². The highest BCUT2D eigenvalue weighted by Crippen LogP contribution is 2.34. The van der Waals surface area contributed by atoms with Crippen molar-refractivity contribution in [3.63, 3.8) is 0 Å². The lowest BCUT2D eigenvalue weighted by atomic mass is 9.84. The smallest absolute Gasteiger partial charge is 0.405 e. The summed E-state index contributed by atoms with van der Waals surface area (Å²) in [4.78, 5) is 39.9. The number of carbonyl (C=O) groups excluding carboxylic acids is 2. The van der Waals surface area contributed by atoms with E-state index in [1.807, 2.05) is 91.7 Å². The molecule has 0 saturated carbocycles. The molecule has 4 aromatic rings. The van der Waals surface area contributed by atoms with E-state index < -0.39 is 54.4 Å². The maximum absolute atomic E-state index is 14.0. The molecule has 1 saturated heterocycles. The molecule has 2 aromatic heterocycles. The topological polar surface area (TPSA) is 144 Å². The van der Waals surface area contributed by atoms with E-state index >= 15 is 0 Å². The average molecular weight is 763 g/mol. The van der Waals surface area contributed by atoms with E-state index in [1.54, 1.807) is 23.5 Å². The zero-order valence-electron chi connectivity index (χ0n) is 31.3. The first-order valence-electron chi connectivity index (χ1n) is 18.7. The van der Waals surface area contributed by atoms with E-state index in [0.29, 0.717) is 37.5 Å². The normalized spacial score (nSPS) is 20.7. The van der Waals surface area contributed by atoms with Crippen LogP contribution in [0.25, 0.3) is 11.3 Å². The van der Waals surface area contributed by atoms with Crippen LogP contribution in [0.3, 0.4) is 0 Å². The molecule has 6 rings (SSSR count). The van der Waals surface area contributed by atoms with Crippen molar-refractivity contribution in [1.82, 2.24) is 30.4 Å². The number of nitrogens with zero attached hydrogens (tertiary/aromatic N) is 4. The number of amides is 2. The summed E-state index contributed by atoms with van der Waals surface area (Å²) in [6, 6.07) is 17.3. The Bertz CT molecular complexity index is 1920. The van der Waals surface area contributed by atoms with Gasteiger partial charge in [0.15, 0.2) is 5.76 Å². The number of fused-ring (bicyclic) bond motifs is 1. The third-order valence-electron chi connectivity index (χ3n) is 10.7. The monoisotopic (exact) mass is 762 g/mol. The zero-order chi connectivity index (χ0) is 39.3. The molecule has 2 aliphatic rings. The van der Waals surface area contributed by atoms with Crippen molar-refractivity contribution in [2.45, 2.75) is 82.5 Å². The van der Waals surface area contributed by atoms with Crippen LogP contribution >= 0.6 is 0 Å². The van der Waals surface area contributed by atoms with Gasteiger partial charge in [-0.1, -0.05) is 54.6 Å². The molecule has 11 nitrogen and oxygen atoms in total. The lowest BCUT2D eigenvalue weighted by molar-refractivity contribution is -0.144. The second-order valence-electron chi connectivity index (χ2n) is 15.2. The number of aryl methyl sites for hydroxylation is 2. The van der Waals surface area contributed by atoms with E-state index in [2.05, 4.69) is 15.3 Å². The number of pyridine rings is 1. The quantitative estimate of drug-likeness (QED) is 0.152. The van der Waals surface area contributed by atoms with Gasteiger partial charge >= 0.3 is 6.18 Å². The van der Waals surface area contributed by atoms with E-state index in [1.165, 1.54) is 0 Å². The minimum atomic E-state index is -4.61. The van der Waals surface area contributed by atoms with Crippen LogP contribution < -0.4 is 10.6 Å². The minimum Gasteiger partial charge on any atom is -0.439 e. The number of hydrogen-bond acceptors (Lipinski definition) is 9. The van der Waals surface area contributed by atoms with Crippen LogP contribution in [0.1, 0.15) is 60.9 Å². The molecular weight excluding hydrogens is 713 g/mol. The average Bonchev–Trinajstić information content (AvgIpc) is 3.67. The molecule has 2 amide bonds. The van der Waals surface area contributed by atoms with Crippen LogP contribution in [0.5, 0.6) is 0 Å². The molecule has 294 valence electrons. The maximum Gasteiger partial charge on any atom is 0.405 e. The van der Waals surface area contributed by atoms with Gasteiger partial charge in [0, 0.05) is 50.1 Å². The molecule has 0 bridgehead atoms. The number of oxazole rings is 1. The number of aliphatic hydroxyl groups excluding tert-OH is 2. The number of aromatic nitrogens is 2. The van der Waals surface area contributed by atoms with Crippen molar-refractivity contribution in [2.24, 2.45) is 5.92 Å². The largest absolute Gasteiger partial charge is 0.439 e. The fraction of sp³-hybridized carbons (Fsp3) is 0.463. The van der Waals surface area contributed by atoms with Gasteiger partial charge in [0.2, 0.25) is 17.7 Å². The lowest BCUT2D eigenvalue weighted by Gasteiger charge is -2.46. The number of benzene rings is 2. The third-order valence-corrected chi connectivity index (χ3v) is 10.7. The van der Waals surface area contributed by atoms with Crippen LogP contribution in [-0.4, -0.2) is 98.9 Å². The fourth-order valence-corrected chi connectivity index (χ4v) is 7.66. The van der Waals surface area contributed by atoms with Crippen LogP contribution in [0.4, 0.5) is 13.2 Å². The Morgan fingerprint density at radius 2 is 1.78 bits per heavy atom. The summed E-state index contributed by atoms with van der Waals surface area (Å²) in [5.41, 5.74) is 3.63. The standard InChI is InChI=1S/C41H49F3N6O5/c1-26-17-30(21-45-20-26)35-22-46-39(55-35)40(2,3)50-16-15-49(33(24-50)38(54)47-25-41(42,43)44)23-31(51)19-29(18-27-9-5-4-6-10-27)37(53)48-36-32-12-8-7-11-28(32)13-14-34(36)52/h4-12,17,20-22,29,31,33-34,36,51-52H,13-16,18-19,23-25H2,1-3H3,(H,47,54)(H,48,53)/t29-,31+,33?,34-,36+/m1/s1. The Labute approximate surface area is 319 Å². The van der Waals surface area contributed by atoms with Crippen molar-refractivity contribution >= 4 is 11.8 Å². The number of alkyl halides is 3. The maximum atomic E-state index is 14.0. The van der Waals surface area contributed by atoms with Crippen LogP contribution in [0, 0.1) is 12.8 Å². The molecule has 2 aromatic carbocycles. The van der Waals surface area contributed by atoms with Crippen LogP contribution in [0.15, 0.2) is 83.7 Å². The molecule has 1 fully saturated rings. The Balaban J connectivity index is 1.19. The van der Waals surface area contributed by atoms with E-state index in [-0.39, 0.29) is 32.0 Å². The number of hydrogen-bond donors (Lipinski definition) is 4. The van der Waals surface area contributed by atoms with Crippen molar-refractivity contribution in [2.75, 3.05) is 32.7 Å². The second-order valence-corrected chi connectivity index (χ2v) is 15.2. The molecule has 1 aliphatic heterocycles. The molecule has 0 radical (unpaired) electrons. The van der Waals surface area contributed by atoms with E-state index in [9.17, 15) is 33.0 Å². The summed E-state index contributed by atoms with van der Waals surface area (Å²) in [6.45, 7) is 4.76. The van der Waals surface area contributed by atoms with E-state index in [4.69, 9.17) is 4.42 Å². The minimum absolute atomic E-state index is 0.0146. The number of rotatable bonds is 13. The number of aliphatic hydroxyl groups is 2. The highest BCUT2D eigenvalue weighted by atomic mass is 19.4. The van der Waals surface area contributed by atoms with Gasteiger partial charge in [0.25, 0.3) is 0 Å². The number of halogens is 3. The number of carbonyl (C=O) groups is 2. The summed E-state index contributed by atoms with van der Waals surface area (Å²) in [5, 5.41) is 27.6. The first-order chi connectivity index (χ1) is 26.2. The van der Waals surface area contributed by atoms with Gasteiger partial charge in [-0.25, -0.2) is 4.98 Å². The fourth-order valence-electron chi connectivity index (χ4n) is 7.66. The van der Waals surface area contributed by atoms with Gasteiger partial charge in [-0.3, -0.25) is 24.4 Å². The molecule has 5 atom stereocenters. The van der Waals surface area contributed by atoms with Gasteiger partial charge in [-0.2, -0.15) is 13.2 Å². The first kappa shape index (κ1) is 40.0. The second kappa shape index (κ2) is 17.0. The predicted molar refractivity (Wildman–Crippen MR) is 199 cm³/mol. The van der Waals surface area contributed by atoms with Crippen molar-refractivity contribution in [1.29, 1.82) is 0 Å². The SMILES string of the molecule is Cc1cncc(-c2cnc(C(C)(C)N3CCN(C[C@@H](O)C[C@@H](Cc4ccccc4)C(=O)N[C@H]4c5ccccc5CC[C@H]4O)C(C(=O)NCC(F)(F)F)C3)o2)c1. The highest BCUT2D eigenvalue weighted by Gasteiger charge is 2.43. The molecule has 3 heterocycles. The van der Waals surface area contributed by atoms with Gasteiger partial charge < -0.3 is 25.3 Å². The summed E-state index contributed by atoms with van der Waals surface area (Å²) >= 11 is 0. The lowest BCUT2D eigenvalue weighted by Crippen LogP contribution is -2.63. The van der Waals surface area contributed by atoms with Crippen LogP contribution in [0.2, 0.25) is 0 Å². The molecule has 14 heteroatoms. The summed E-state index contributed by atoms with van der Waals surface area (Å²) in [5.74, 6) is -0.989. The highest BCUT2D eigenvalue weighted by molar-refractivity contribution is 5.82. The summed E-state index contributed by atoms with van der Waals surface area (Å²) in [7, 11) is 0. The van der Waals surface area contributed by atoms with E-state index in [0.717, 1.165) is 27.8 Å². The molecule has 4 N–H and O–H groups in total. The first-order valence-corrected chi connectivity index (χ1v) is 18.7. The Morgan fingerprint density at radius 1 is 1.04 bits per heavy atom. The van der Waals surface area contributed by atoms with Crippen LogP contribution in [-0.2, 0) is 28.0 Å². The Morgan fingerprint density at radius 3 is 2.53 bits per heavy atom. The van der Waals surface area contributed by atoms with Crippen molar-refractivity contribution < 1.29 is 37.4 Å². The number of β-amino-alcohol motifs (C(OH)–C–C–N with tert-alkyl or cyclic N) is 1. The molecule has 1 unspecified atom stereocenters. The van der Waals surface area contributed by atoms with Crippen molar-refractivity contribution in [3.05, 3.63) is 107 Å². The third kappa shape index (κ3) is 9.98. The molecule has 1 aliphatic carbocycles. The zero-order valence-corrected chi connectivity index (χ0v) is 31.3. The molecule has 0 spiro atoms. The van der Waals surface area contributed by atoms with Gasteiger partial charge in [-0.05, 0) is 74.8 Å². The molecular formula is C41H49F3N6O5. The summed E-state index contributed by atoms with van der Waals surface area (Å²) < 4.78 is 45.9. The van der Waals surface area contributed by atoms with Gasteiger partial charge in [0.05, 0.1) is 30.0 Å². The predicted octanol–water partition coefficient (Wildman–Crippen LogP) is 4.72.